The molecule has 11 heteroatoms. The summed E-state index contributed by atoms with van der Waals surface area (Å²) >= 11 is 0. The summed E-state index contributed by atoms with van der Waals surface area (Å²) in [7, 11) is 6.52. The van der Waals surface area contributed by atoms with Crippen LogP contribution in [0.5, 0.6) is 23.3 Å². The van der Waals surface area contributed by atoms with Gasteiger partial charge in [-0.2, -0.15) is 0 Å². The monoisotopic (exact) mass is 500 g/mol. The van der Waals surface area contributed by atoms with Gasteiger partial charge in [-0.1, -0.05) is 0 Å². The van der Waals surface area contributed by atoms with E-state index in [-0.39, 0.29) is 18.7 Å². The molecule has 2 aliphatic heterocycles. The Morgan fingerprint density at radius 1 is 0.833 bits per heavy atom. The summed E-state index contributed by atoms with van der Waals surface area (Å²) in [6.45, 7) is 3.17. The third-order valence-corrected chi connectivity index (χ3v) is 6.14. The van der Waals surface area contributed by atoms with Gasteiger partial charge in [-0.25, -0.2) is 9.97 Å². The number of hydrogen-bond acceptors (Lipinski definition) is 10. The molecule has 0 spiro atoms. The van der Waals surface area contributed by atoms with E-state index >= 15 is 0 Å². The largest absolute Gasteiger partial charge is 0.491 e. The molecule has 2 aromatic rings. The van der Waals surface area contributed by atoms with Crippen LogP contribution in [0.4, 0.5) is 0 Å². The molecule has 0 atom stereocenters. The first kappa shape index (κ1) is 25.5. The molecule has 0 bridgehead atoms. The van der Waals surface area contributed by atoms with Gasteiger partial charge < -0.3 is 28.6 Å². The van der Waals surface area contributed by atoms with Crippen LogP contribution >= 0.6 is 0 Å². The van der Waals surface area contributed by atoms with Crippen LogP contribution in [-0.2, 0) is 40.5 Å². The maximum Gasteiger partial charge on any atom is 0.306 e. The lowest BCUT2D eigenvalue weighted by atomic mass is 10.2. The second-order valence-electron chi connectivity index (χ2n) is 8.75. The van der Waals surface area contributed by atoms with Crippen LogP contribution in [0.2, 0.25) is 0 Å². The van der Waals surface area contributed by atoms with E-state index < -0.39 is 5.97 Å². The number of amides is 1. The molecular weight excluding hydrogens is 468 g/mol. The molecule has 0 saturated carbocycles. The van der Waals surface area contributed by atoms with Crippen molar-refractivity contribution in [3.8, 4) is 23.3 Å². The number of nitrogens with zero attached hydrogens (tertiary/aromatic N) is 4. The standard InChI is InChI=1S/C25H32N4O7/c1-28-12-16-10-20(32-2)24(26-18(16)14-28)35-8-5-9-36-25-21(33-3)11-17-13-29(15-19(17)27-25)22(30)6-7-23(31)34-4/h10-11H,5-9,12-15H2,1-4H3. The molecule has 0 radical (unpaired) electrons. The van der Waals surface area contributed by atoms with E-state index in [2.05, 4.69) is 19.6 Å². The molecule has 0 unspecified atom stereocenters. The van der Waals surface area contributed by atoms with Crippen LogP contribution in [0.3, 0.4) is 0 Å². The summed E-state index contributed by atoms with van der Waals surface area (Å²) in [5.41, 5.74) is 3.82. The Labute approximate surface area is 210 Å². The Hall–Kier alpha value is -3.60. The average Bonchev–Trinajstić information content (AvgIpc) is 3.46. The highest BCUT2D eigenvalue weighted by molar-refractivity contribution is 5.81. The zero-order valence-corrected chi connectivity index (χ0v) is 21.2. The predicted molar refractivity (Wildman–Crippen MR) is 128 cm³/mol. The summed E-state index contributed by atoms with van der Waals surface area (Å²) in [5.74, 6) is 1.45. The Morgan fingerprint density at radius 3 is 2.00 bits per heavy atom. The van der Waals surface area contributed by atoms with Gasteiger partial charge in [0.15, 0.2) is 11.5 Å². The quantitative estimate of drug-likeness (QED) is 0.336. The van der Waals surface area contributed by atoms with Gasteiger partial charge in [0, 0.05) is 32.5 Å². The molecular formula is C25H32N4O7. The van der Waals surface area contributed by atoms with Crippen molar-refractivity contribution in [2.45, 2.75) is 45.4 Å². The van der Waals surface area contributed by atoms with Crippen molar-refractivity contribution in [1.29, 1.82) is 0 Å². The third kappa shape index (κ3) is 5.78. The van der Waals surface area contributed by atoms with E-state index in [1.165, 1.54) is 7.11 Å². The molecule has 0 N–H and O–H groups in total. The van der Waals surface area contributed by atoms with Gasteiger partial charge in [0.05, 0.1) is 58.9 Å². The highest BCUT2D eigenvalue weighted by Gasteiger charge is 2.27. The Kier molecular flexibility index (Phi) is 8.09. The van der Waals surface area contributed by atoms with Gasteiger partial charge in [0.2, 0.25) is 5.91 Å². The van der Waals surface area contributed by atoms with Gasteiger partial charge in [-0.05, 0) is 30.3 Å². The SMILES string of the molecule is COC(=O)CCC(=O)N1Cc2cc(OC)c(OCCCOc3nc4c(cc3OC)CN(C)C4)nc2C1. The highest BCUT2D eigenvalue weighted by Crippen LogP contribution is 2.33. The zero-order chi connectivity index (χ0) is 25.7. The number of rotatable bonds is 11. The maximum absolute atomic E-state index is 12.5. The first-order valence-electron chi connectivity index (χ1n) is 11.8. The number of fused-ring (bicyclic) bond motifs is 2. The molecule has 2 aromatic heterocycles. The van der Waals surface area contributed by atoms with E-state index in [1.807, 2.05) is 19.2 Å². The maximum atomic E-state index is 12.5. The van der Waals surface area contributed by atoms with Crippen molar-refractivity contribution in [1.82, 2.24) is 19.8 Å². The smallest absolute Gasteiger partial charge is 0.306 e. The predicted octanol–water partition coefficient (Wildman–Crippen LogP) is 2.08. The van der Waals surface area contributed by atoms with Crippen molar-refractivity contribution in [3.05, 3.63) is 34.6 Å². The zero-order valence-electron chi connectivity index (χ0n) is 21.2. The number of hydrogen-bond donors (Lipinski definition) is 0. The summed E-state index contributed by atoms with van der Waals surface area (Å²) < 4.78 is 27.3. The number of esters is 1. The fourth-order valence-electron chi connectivity index (χ4n) is 4.24. The Bertz CT molecular complexity index is 1120. The van der Waals surface area contributed by atoms with Crippen LogP contribution in [0.1, 0.15) is 41.8 Å². The van der Waals surface area contributed by atoms with Gasteiger partial charge >= 0.3 is 5.97 Å². The van der Waals surface area contributed by atoms with E-state index in [9.17, 15) is 9.59 Å². The molecule has 0 aromatic carbocycles. The summed E-state index contributed by atoms with van der Waals surface area (Å²) in [6, 6.07) is 3.83. The molecule has 194 valence electrons. The number of pyridine rings is 2. The second-order valence-corrected chi connectivity index (χ2v) is 8.75. The van der Waals surface area contributed by atoms with E-state index in [4.69, 9.17) is 18.9 Å². The van der Waals surface area contributed by atoms with Crippen molar-refractivity contribution >= 4 is 11.9 Å². The lowest BCUT2D eigenvalue weighted by Gasteiger charge is -2.14. The lowest BCUT2D eigenvalue weighted by molar-refractivity contribution is -0.143. The van der Waals surface area contributed by atoms with Gasteiger partial charge in [-0.3, -0.25) is 14.5 Å². The van der Waals surface area contributed by atoms with Crippen LogP contribution in [0.25, 0.3) is 0 Å². The highest BCUT2D eigenvalue weighted by atomic mass is 16.5. The van der Waals surface area contributed by atoms with E-state index in [1.54, 1.807) is 19.1 Å². The van der Waals surface area contributed by atoms with Gasteiger partial charge in [0.25, 0.3) is 11.8 Å². The average molecular weight is 501 g/mol. The number of aromatic nitrogens is 2. The van der Waals surface area contributed by atoms with E-state index in [0.29, 0.717) is 56.0 Å². The lowest BCUT2D eigenvalue weighted by Crippen LogP contribution is -2.25. The molecule has 0 fully saturated rings. The molecule has 2 aliphatic rings. The number of carbonyl (C=O) groups is 2. The minimum Gasteiger partial charge on any atom is -0.491 e. The fraction of sp³-hybridized carbons (Fsp3) is 0.520. The third-order valence-electron chi connectivity index (χ3n) is 6.14. The van der Waals surface area contributed by atoms with Crippen LogP contribution in [0, 0.1) is 0 Å². The van der Waals surface area contributed by atoms with E-state index in [0.717, 1.165) is 35.6 Å². The minimum atomic E-state index is -0.405. The Balaban J connectivity index is 1.29. The minimum absolute atomic E-state index is 0.0548. The van der Waals surface area contributed by atoms with Crippen molar-refractivity contribution < 1.29 is 33.3 Å². The first-order valence-corrected chi connectivity index (χ1v) is 11.8. The summed E-state index contributed by atoms with van der Waals surface area (Å²) in [5, 5.41) is 0. The molecule has 11 nitrogen and oxygen atoms in total. The number of ether oxygens (including phenoxy) is 5. The normalized spacial score (nSPS) is 14.3. The molecule has 36 heavy (non-hydrogen) atoms. The van der Waals surface area contributed by atoms with Crippen molar-refractivity contribution in [2.24, 2.45) is 0 Å². The summed E-state index contributed by atoms with van der Waals surface area (Å²) in [6.07, 6.45) is 0.753. The number of methoxy groups -OCH3 is 3. The molecule has 4 heterocycles. The van der Waals surface area contributed by atoms with Gasteiger partial charge in [0.1, 0.15) is 0 Å². The Morgan fingerprint density at radius 2 is 1.42 bits per heavy atom. The van der Waals surface area contributed by atoms with Crippen LogP contribution < -0.4 is 18.9 Å². The molecule has 1 amide bonds. The molecule has 0 aliphatic carbocycles. The number of carbonyl (C=O) groups excluding carboxylic acids is 2. The molecule has 0 saturated heterocycles. The van der Waals surface area contributed by atoms with Crippen molar-refractivity contribution in [3.63, 3.8) is 0 Å². The second kappa shape index (κ2) is 11.4. The topological polar surface area (TPSA) is 113 Å². The fourth-order valence-corrected chi connectivity index (χ4v) is 4.24. The van der Waals surface area contributed by atoms with Crippen LogP contribution in [-0.4, -0.2) is 73.2 Å². The molecule has 4 rings (SSSR count). The van der Waals surface area contributed by atoms with Gasteiger partial charge in [-0.15, -0.1) is 0 Å². The van der Waals surface area contributed by atoms with Crippen molar-refractivity contribution in [2.75, 3.05) is 41.6 Å². The summed E-state index contributed by atoms with van der Waals surface area (Å²) in [4.78, 5) is 36.8. The van der Waals surface area contributed by atoms with Crippen LogP contribution in [0.15, 0.2) is 12.1 Å². The first-order chi connectivity index (χ1) is 17.4.